The molecule has 0 spiro atoms. The van der Waals surface area contributed by atoms with E-state index in [0.717, 1.165) is 6.42 Å². The molecular formula is C20H37ClO2. The molecule has 0 radical (unpaired) electrons. The van der Waals surface area contributed by atoms with E-state index in [9.17, 15) is 4.79 Å². The minimum atomic E-state index is -0.385. The van der Waals surface area contributed by atoms with Crippen LogP contribution in [0.5, 0.6) is 0 Å². The fourth-order valence-corrected chi connectivity index (χ4v) is 2.74. The number of unbranched alkanes of at least 4 members (excludes halogenated alkanes) is 14. The molecule has 0 aliphatic carbocycles. The summed E-state index contributed by atoms with van der Waals surface area (Å²) < 4.78 is 4.76. The molecule has 0 aromatic carbocycles. The SMILES string of the molecule is CCCCCCCCCCCCCCCCC=COC(=O)CCl. The quantitative estimate of drug-likeness (QED) is 0.121. The Balaban J connectivity index is 3.06. The minimum Gasteiger partial charge on any atom is -0.434 e. The number of hydrogen-bond acceptors (Lipinski definition) is 2. The summed E-state index contributed by atoms with van der Waals surface area (Å²) in [7, 11) is 0. The summed E-state index contributed by atoms with van der Waals surface area (Å²) in [5.74, 6) is -0.465. The largest absolute Gasteiger partial charge is 0.434 e. The summed E-state index contributed by atoms with van der Waals surface area (Å²) in [6.45, 7) is 2.27. The fraction of sp³-hybridized carbons (Fsp3) is 0.850. The molecule has 0 saturated heterocycles. The number of hydrogen-bond donors (Lipinski definition) is 0. The Bertz CT molecular complexity index is 277. The maximum atomic E-state index is 10.8. The first-order valence-corrected chi connectivity index (χ1v) is 10.2. The zero-order chi connectivity index (χ0) is 17.0. The number of carbonyl (C=O) groups is 1. The van der Waals surface area contributed by atoms with Crippen LogP contribution in [0.2, 0.25) is 0 Å². The molecule has 0 aliphatic rings. The highest BCUT2D eigenvalue weighted by Gasteiger charge is 1.95. The van der Waals surface area contributed by atoms with Gasteiger partial charge in [-0.25, -0.2) is 0 Å². The van der Waals surface area contributed by atoms with Crippen LogP contribution >= 0.6 is 11.6 Å². The summed E-state index contributed by atoms with van der Waals surface area (Å²) in [6.07, 6.45) is 23.6. The summed E-state index contributed by atoms with van der Waals surface area (Å²) in [4.78, 5) is 10.8. The predicted molar refractivity (Wildman–Crippen MR) is 101 cm³/mol. The molecule has 0 amide bonds. The van der Waals surface area contributed by atoms with Crippen LogP contribution in [-0.4, -0.2) is 11.8 Å². The van der Waals surface area contributed by atoms with Gasteiger partial charge in [0.2, 0.25) is 0 Å². The van der Waals surface area contributed by atoms with Gasteiger partial charge in [0, 0.05) is 0 Å². The van der Waals surface area contributed by atoms with E-state index in [-0.39, 0.29) is 11.8 Å². The highest BCUT2D eigenvalue weighted by Crippen LogP contribution is 2.13. The Morgan fingerprint density at radius 1 is 0.783 bits per heavy atom. The standard InChI is InChI=1S/C20H37ClO2/c1-2-3-4-5-6-7-8-9-10-11-12-13-14-15-16-17-18-23-20(22)19-21/h17-18H,2-16,19H2,1H3. The topological polar surface area (TPSA) is 26.3 Å². The summed E-state index contributed by atoms with van der Waals surface area (Å²) in [5, 5.41) is 0. The van der Waals surface area contributed by atoms with Crippen molar-refractivity contribution in [3.8, 4) is 0 Å². The summed E-state index contributed by atoms with van der Waals surface area (Å²) in [5.41, 5.74) is 0. The van der Waals surface area contributed by atoms with Gasteiger partial charge in [-0.15, -0.1) is 11.6 Å². The highest BCUT2D eigenvalue weighted by molar-refractivity contribution is 6.26. The van der Waals surface area contributed by atoms with Gasteiger partial charge in [-0.2, -0.15) is 0 Å². The number of ether oxygens (including phenoxy) is 1. The van der Waals surface area contributed by atoms with Crippen molar-refractivity contribution in [3.05, 3.63) is 12.3 Å². The molecule has 3 heteroatoms. The lowest BCUT2D eigenvalue weighted by Gasteiger charge is -2.02. The van der Waals surface area contributed by atoms with Crippen molar-refractivity contribution in [2.75, 3.05) is 5.88 Å². The van der Waals surface area contributed by atoms with Gasteiger partial charge in [0.1, 0.15) is 5.88 Å². The molecule has 0 heterocycles. The van der Waals surface area contributed by atoms with Crippen LogP contribution in [0.4, 0.5) is 0 Å². The van der Waals surface area contributed by atoms with Gasteiger partial charge in [0.25, 0.3) is 0 Å². The molecule has 0 atom stereocenters. The van der Waals surface area contributed by atoms with E-state index < -0.39 is 0 Å². The van der Waals surface area contributed by atoms with Gasteiger partial charge in [-0.05, 0) is 18.9 Å². The first-order chi connectivity index (χ1) is 11.3. The van der Waals surface area contributed by atoms with E-state index in [1.807, 2.05) is 6.08 Å². The molecule has 0 saturated carbocycles. The lowest BCUT2D eigenvalue weighted by Crippen LogP contribution is -1.99. The van der Waals surface area contributed by atoms with Gasteiger partial charge < -0.3 is 4.74 Å². The first-order valence-electron chi connectivity index (χ1n) is 9.71. The van der Waals surface area contributed by atoms with Crippen LogP contribution in [0.25, 0.3) is 0 Å². The number of rotatable bonds is 17. The van der Waals surface area contributed by atoms with E-state index in [1.165, 1.54) is 96.2 Å². The van der Waals surface area contributed by atoms with Crippen LogP contribution in [0.3, 0.4) is 0 Å². The van der Waals surface area contributed by atoms with Crippen molar-refractivity contribution in [3.63, 3.8) is 0 Å². The minimum absolute atomic E-state index is 0.0802. The summed E-state index contributed by atoms with van der Waals surface area (Å²) in [6, 6.07) is 0. The number of allylic oxidation sites excluding steroid dienone is 1. The lowest BCUT2D eigenvalue weighted by atomic mass is 10.0. The van der Waals surface area contributed by atoms with E-state index in [2.05, 4.69) is 6.92 Å². The van der Waals surface area contributed by atoms with Crippen molar-refractivity contribution in [1.29, 1.82) is 0 Å². The molecule has 23 heavy (non-hydrogen) atoms. The first kappa shape index (κ1) is 22.5. The molecule has 136 valence electrons. The molecule has 0 bridgehead atoms. The van der Waals surface area contributed by atoms with Crippen molar-refractivity contribution in [1.82, 2.24) is 0 Å². The molecule has 0 aromatic rings. The average molecular weight is 345 g/mol. The second-order valence-electron chi connectivity index (χ2n) is 6.38. The number of carbonyl (C=O) groups excluding carboxylic acids is 1. The molecule has 0 N–H and O–H groups in total. The molecule has 0 rings (SSSR count). The average Bonchev–Trinajstić information content (AvgIpc) is 2.57. The molecule has 0 fully saturated rings. The van der Waals surface area contributed by atoms with Gasteiger partial charge in [-0.3, -0.25) is 4.79 Å². The molecule has 0 aromatic heterocycles. The van der Waals surface area contributed by atoms with Gasteiger partial charge in [-0.1, -0.05) is 90.4 Å². The second-order valence-corrected chi connectivity index (χ2v) is 6.65. The molecule has 0 aliphatic heterocycles. The smallest absolute Gasteiger partial charge is 0.325 e. The van der Waals surface area contributed by atoms with Crippen molar-refractivity contribution >= 4 is 17.6 Å². The van der Waals surface area contributed by atoms with Crippen LogP contribution in [0, 0.1) is 0 Å². The van der Waals surface area contributed by atoms with Crippen molar-refractivity contribution in [2.45, 2.75) is 103 Å². The van der Waals surface area contributed by atoms with Gasteiger partial charge in [0.05, 0.1) is 6.26 Å². The zero-order valence-corrected chi connectivity index (χ0v) is 15.9. The maximum absolute atomic E-state index is 10.8. The summed E-state index contributed by atoms with van der Waals surface area (Å²) >= 11 is 5.32. The Morgan fingerprint density at radius 3 is 1.65 bits per heavy atom. The number of esters is 1. The molecule has 2 nitrogen and oxygen atoms in total. The maximum Gasteiger partial charge on any atom is 0.325 e. The van der Waals surface area contributed by atoms with Crippen LogP contribution in [-0.2, 0) is 9.53 Å². The lowest BCUT2D eigenvalue weighted by molar-refractivity contribution is -0.135. The Kier molecular flexibility index (Phi) is 19.1. The van der Waals surface area contributed by atoms with Gasteiger partial charge >= 0.3 is 5.97 Å². The van der Waals surface area contributed by atoms with E-state index in [0.29, 0.717) is 0 Å². The zero-order valence-electron chi connectivity index (χ0n) is 15.2. The van der Waals surface area contributed by atoms with E-state index in [1.54, 1.807) is 0 Å². The number of alkyl halides is 1. The highest BCUT2D eigenvalue weighted by atomic mass is 35.5. The van der Waals surface area contributed by atoms with Crippen LogP contribution in [0.15, 0.2) is 12.3 Å². The number of halogens is 1. The monoisotopic (exact) mass is 344 g/mol. The Hall–Kier alpha value is -0.500. The third-order valence-corrected chi connectivity index (χ3v) is 4.35. The Labute approximate surface area is 149 Å². The van der Waals surface area contributed by atoms with E-state index >= 15 is 0 Å². The Morgan fingerprint density at radius 2 is 1.22 bits per heavy atom. The third kappa shape index (κ3) is 19.5. The van der Waals surface area contributed by atoms with Gasteiger partial charge in [0.15, 0.2) is 0 Å². The molecular weight excluding hydrogens is 308 g/mol. The van der Waals surface area contributed by atoms with Crippen LogP contribution < -0.4 is 0 Å². The molecule has 0 unspecified atom stereocenters. The van der Waals surface area contributed by atoms with Crippen LogP contribution in [0.1, 0.15) is 103 Å². The van der Waals surface area contributed by atoms with E-state index in [4.69, 9.17) is 16.3 Å². The fourth-order valence-electron chi connectivity index (χ4n) is 2.68. The normalized spacial score (nSPS) is 11.2. The third-order valence-electron chi connectivity index (χ3n) is 4.13. The van der Waals surface area contributed by atoms with Crippen molar-refractivity contribution in [2.24, 2.45) is 0 Å². The second kappa shape index (κ2) is 19.5. The van der Waals surface area contributed by atoms with Crippen molar-refractivity contribution < 1.29 is 9.53 Å². The predicted octanol–water partition coefficient (Wildman–Crippen LogP) is 7.15.